The van der Waals surface area contributed by atoms with E-state index in [1.165, 1.54) is 19.3 Å². The van der Waals surface area contributed by atoms with Crippen LogP contribution in [0.4, 0.5) is 0 Å². The van der Waals surface area contributed by atoms with E-state index in [0.717, 1.165) is 18.4 Å². The molecule has 1 aromatic heterocycles. The van der Waals surface area contributed by atoms with Crippen LogP contribution in [-0.4, -0.2) is 11.3 Å². The maximum atomic E-state index is 11.9. The fourth-order valence-corrected chi connectivity index (χ4v) is 2.94. The van der Waals surface area contributed by atoms with Gasteiger partial charge in [-0.05, 0) is 24.3 Å². The van der Waals surface area contributed by atoms with Crippen LogP contribution in [-0.2, 0) is 0 Å². The number of rotatable bonds is 3. The van der Waals surface area contributed by atoms with Crippen molar-refractivity contribution >= 4 is 17.1 Å². The monoisotopic (exact) mass is 223 g/mol. The van der Waals surface area contributed by atoms with Crippen molar-refractivity contribution in [1.82, 2.24) is 0 Å². The van der Waals surface area contributed by atoms with Crippen molar-refractivity contribution in [2.24, 2.45) is 5.73 Å². The van der Waals surface area contributed by atoms with E-state index in [0.29, 0.717) is 6.42 Å². The van der Waals surface area contributed by atoms with Crippen LogP contribution in [0.2, 0.25) is 0 Å². The molecule has 0 aromatic carbocycles. The summed E-state index contributed by atoms with van der Waals surface area (Å²) in [5.41, 5.74) is 6.85. The van der Waals surface area contributed by atoms with Gasteiger partial charge in [-0.3, -0.25) is 4.79 Å². The molecular weight excluding hydrogens is 206 g/mol. The Bertz CT molecular complexity index is 325. The second-order valence-electron chi connectivity index (χ2n) is 4.54. The number of thiophene rings is 1. The Morgan fingerprint density at radius 1 is 1.40 bits per heavy atom. The lowest BCUT2D eigenvalue weighted by molar-refractivity contribution is 0.0935. The normalized spacial score (nSPS) is 20.1. The molecule has 2 nitrogen and oxygen atoms in total. The summed E-state index contributed by atoms with van der Waals surface area (Å²) in [7, 11) is 0. The minimum absolute atomic E-state index is 0.209. The smallest absolute Gasteiger partial charge is 0.165 e. The predicted molar refractivity (Wildman–Crippen MR) is 63.3 cm³/mol. The lowest BCUT2D eigenvalue weighted by atomic mass is 9.78. The maximum absolute atomic E-state index is 11.9. The van der Waals surface area contributed by atoms with E-state index in [1.54, 1.807) is 11.3 Å². The molecular formula is C12H17NOS. The number of nitrogens with two attached hydrogens (primary N) is 1. The highest BCUT2D eigenvalue weighted by atomic mass is 32.1. The molecule has 1 heterocycles. The fraction of sp³-hybridized carbons (Fsp3) is 0.583. The van der Waals surface area contributed by atoms with Crippen LogP contribution < -0.4 is 5.73 Å². The van der Waals surface area contributed by atoms with Crippen LogP contribution in [0.5, 0.6) is 0 Å². The van der Waals surface area contributed by atoms with Crippen molar-refractivity contribution in [3.63, 3.8) is 0 Å². The van der Waals surface area contributed by atoms with Crippen molar-refractivity contribution in [2.45, 2.75) is 44.1 Å². The number of carbonyl (C=O) groups excluding carboxylic acids is 1. The van der Waals surface area contributed by atoms with Gasteiger partial charge in [0.2, 0.25) is 0 Å². The van der Waals surface area contributed by atoms with Gasteiger partial charge in [-0.2, -0.15) is 11.3 Å². The van der Waals surface area contributed by atoms with E-state index in [-0.39, 0.29) is 11.3 Å². The molecule has 1 saturated carbocycles. The topological polar surface area (TPSA) is 43.1 Å². The Morgan fingerprint density at radius 2 is 2.13 bits per heavy atom. The first kappa shape index (κ1) is 10.8. The molecule has 15 heavy (non-hydrogen) atoms. The second-order valence-corrected chi connectivity index (χ2v) is 5.32. The molecule has 0 unspecified atom stereocenters. The van der Waals surface area contributed by atoms with E-state index in [4.69, 9.17) is 5.73 Å². The average molecular weight is 223 g/mol. The molecule has 1 fully saturated rings. The van der Waals surface area contributed by atoms with Crippen molar-refractivity contribution in [3.05, 3.63) is 22.4 Å². The quantitative estimate of drug-likeness (QED) is 0.800. The van der Waals surface area contributed by atoms with Crippen molar-refractivity contribution in [2.75, 3.05) is 0 Å². The third-order valence-corrected chi connectivity index (χ3v) is 3.89. The van der Waals surface area contributed by atoms with Gasteiger partial charge >= 0.3 is 0 Å². The van der Waals surface area contributed by atoms with E-state index in [9.17, 15) is 4.79 Å². The van der Waals surface area contributed by atoms with Gasteiger partial charge in [0.15, 0.2) is 5.78 Å². The van der Waals surface area contributed by atoms with Crippen LogP contribution in [0.3, 0.4) is 0 Å². The minimum Gasteiger partial charge on any atom is -0.325 e. The van der Waals surface area contributed by atoms with Crippen molar-refractivity contribution < 1.29 is 4.79 Å². The zero-order valence-corrected chi connectivity index (χ0v) is 9.69. The molecule has 0 saturated heterocycles. The van der Waals surface area contributed by atoms with Crippen LogP contribution in [0.1, 0.15) is 48.9 Å². The zero-order valence-electron chi connectivity index (χ0n) is 8.87. The van der Waals surface area contributed by atoms with Gasteiger partial charge in [-0.15, -0.1) is 0 Å². The van der Waals surface area contributed by atoms with Gasteiger partial charge in [0, 0.05) is 22.9 Å². The fourth-order valence-electron chi connectivity index (χ4n) is 2.28. The van der Waals surface area contributed by atoms with E-state index < -0.39 is 0 Å². The maximum Gasteiger partial charge on any atom is 0.165 e. The standard InChI is InChI=1S/C12H17NOS/c13-12(5-2-1-3-6-12)8-11(14)10-4-7-15-9-10/h4,7,9H,1-3,5-6,8,13H2. The summed E-state index contributed by atoms with van der Waals surface area (Å²) in [4.78, 5) is 11.9. The van der Waals surface area contributed by atoms with E-state index in [2.05, 4.69) is 0 Å². The first-order valence-electron chi connectivity index (χ1n) is 5.54. The molecule has 2 N–H and O–H groups in total. The molecule has 1 aliphatic carbocycles. The van der Waals surface area contributed by atoms with Gasteiger partial charge < -0.3 is 5.73 Å². The van der Waals surface area contributed by atoms with Gasteiger partial charge in [0.1, 0.15) is 0 Å². The molecule has 0 aliphatic heterocycles. The molecule has 2 rings (SSSR count). The second kappa shape index (κ2) is 4.45. The zero-order chi connectivity index (χ0) is 10.7. The number of ketones is 1. The highest BCUT2D eigenvalue weighted by Crippen LogP contribution is 2.29. The number of Topliss-reactive ketones (excluding diaryl/α,β-unsaturated/α-hetero) is 1. The lowest BCUT2D eigenvalue weighted by Gasteiger charge is -2.32. The average Bonchev–Trinajstić information content (AvgIpc) is 2.70. The predicted octanol–water partition coefficient (Wildman–Crippen LogP) is 2.98. The summed E-state index contributed by atoms with van der Waals surface area (Å²) in [6.07, 6.45) is 6.14. The summed E-state index contributed by atoms with van der Waals surface area (Å²) < 4.78 is 0. The molecule has 1 aromatic rings. The molecule has 0 bridgehead atoms. The Labute approximate surface area is 94.5 Å². The molecule has 0 atom stereocenters. The molecule has 0 spiro atoms. The van der Waals surface area contributed by atoms with Crippen molar-refractivity contribution in [1.29, 1.82) is 0 Å². The Hall–Kier alpha value is -0.670. The largest absolute Gasteiger partial charge is 0.325 e. The highest BCUT2D eigenvalue weighted by molar-refractivity contribution is 7.08. The van der Waals surface area contributed by atoms with Crippen LogP contribution in [0, 0.1) is 0 Å². The third kappa shape index (κ3) is 2.67. The van der Waals surface area contributed by atoms with Crippen LogP contribution in [0.25, 0.3) is 0 Å². The molecule has 3 heteroatoms. The SMILES string of the molecule is NC1(CC(=O)c2ccsc2)CCCCC1. The summed E-state index contributed by atoms with van der Waals surface area (Å²) in [6, 6.07) is 1.89. The lowest BCUT2D eigenvalue weighted by Crippen LogP contribution is -2.43. The first-order chi connectivity index (χ1) is 7.20. The van der Waals surface area contributed by atoms with E-state index >= 15 is 0 Å². The van der Waals surface area contributed by atoms with Gasteiger partial charge in [0.25, 0.3) is 0 Å². The summed E-state index contributed by atoms with van der Waals surface area (Å²) in [5, 5.41) is 3.85. The third-order valence-electron chi connectivity index (χ3n) is 3.21. The summed E-state index contributed by atoms with van der Waals surface area (Å²) >= 11 is 1.57. The minimum atomic E-state index is -0.225. The van der Waals surface area contributed by atoms with Gasteiger partial charge in [-0.1, -0.05) is 19.3 Å². The molecule has 0 radical (unpaired) electrons. The number of carbonyl (C=O) groups is 1. The van der Waals surface area contributed by atoms with Gasteiger partial charge in [-0.25, -0.2) is 0 Å². The summed E-state index contributed by atoms with van der Waals surface area (Å²) in [5.74, 6) is 0.209. The Kier molecular flexibility index (Phi) is 3.22. The van der Waals surface area contributed by atoms with Gasteiger partial charge in [0.05, 0.1) is 0 Å². The number of hydrogen-bond acceptors (Lipinski definition) is 3. The van der Waals surface area contributed by atoms with Crippen LogP contribution >= 0.6 is 11.3 Å². The Morgan fingerprint density at radius 3 is 2.73 bits per heavy atom. The van der Waals surface area contributed by atoms with E-state index in [1.807, 2.05) is 16.8 Å². The summed E-state index contributed by atoms with van der Waals surface area (Å²) in [6.45, 7) is 0. The Balaban J connectivity index is 1.98. The first-order valence-corrected chi connectivity index (χ1v) is 6.48. The van der Waals surface area contributed by atoms with Crippen molar-refractivity contribution in [3.8, 4) is 0 Å². The molecule has 82 valence electrons. The highest BCUT2D eigenvalue weighted by Gasteiger charge is 2.30. The number of hydrogen-bond donors (Lipinski definition) is 1. The molecule has 0 amide bonds. The molecule has 1 aliphatic rings. The van der Waals surface area contributed by atoms with Crippen LogP contribution in [0.15, 0.2) is 16.8 Å².